The molecular formula is C22H24N2O4S. The molecule has 2 aromatic rings. The van der Waals surface area contributed by atoms with E-state index in [1.807, 2.05) is 46.2 Å². The Balaban J connectivity index is 1.52. The van der Waals surface area contributed by atoms with Crippen molar-refractivity contribution in [1.29, 1.82) is 0 Å². The largest absolute Gasteiger partial charge is 0.497 e. The molecule has 152 valence electrons. The second kappa shape index (κ2) is 7.99. The number of ether oxygens (including phenoxy) is 2. The molecule has 0 N–H and O–H groups in total. The van der Waals surface area contributed by atoms with E-state index in [-0.39, 0.29) is 16.7 Å². The molecule has 0 radical (unpaired) electrons. The molecule has 2 aliphatic rings. The first kappa shape index (κ1) is 19.6. The van der Waals surface area contributed by atoms with Crippen LogP contribution < -0.4 is 14.4 Å². The van der Waals surface area contributed by atoms with Gasteiger partial charge < -0.3 is 14.4 Å². The van der Waals surface area contributed by atoms with Crippen LogP contribution in [-0.4, -0.2) is 54.6 Å². The standard InChI is InChI=1S/C22H24N2O4S/c1-27-17-9-7-16(8-10-17)24-20(25)15-29-22(24)11-13-23(14-12-22)21(26)18-5-3-4-6-19(18)28-2/h3-10H,11-15H2,1-2H3. The molecule has 2 amide bonds. The minimum atomic E-state index is -0.302. The number of thioether (sulfide) groups is 1. The fourth-order valence-electron chi connectivity index (χ4n) is 4.08. The minimum absolute atomic E-state index is 0.0254. The molecular weight excluding hydrogens is 388 g/mol. The lowest BCUT2D eigenvalue weighted by molar-refractivity contribution is -0.116. The molecule has 2 heterocycles. The Bertz CT molecular complexity index is 907. The Morgan fingerprint density at radius 2 is 1.69 bits per heavy atom. The highest BCUT2D eigenvalue weighted by Crippen LogP contribution is 2.47. The normalized spacial score (nSPS) is 18.2. The number of amides is 2. The van der Waals surface area contributed by atoms with E-state index in [9.17, 15) is 9.59 Å². The third-order valence-corrected chi connectivity index (χ3v) is 7.14. The molecule has 4 rings (SSSR count). The van der Waals surface area contributed by atoms with Crippen molar-refractivity contribution < 1.29 is 19.1 Å². The van der Waals surface area contributed by atoms with Crippen LogP contribution in [0.5, 0.6) is 11.5 Å². The lowest BCUT2D eigenvalue weighted by Gasteiger charge is -2.44. The zero-order valence-electron chi connectivity index (χ0n) is 16.6. The van der Waals surface area contributed by atoms with Gasteiger partial charge in [-0.15, -0.1) is 11.8 Å². The van der Waals surface area contributed by atoms with E-state index >= 15 is 0 Å². The number of piperidine rings is 1. The predicted octanol–water partition coefficient (Wildman–Crippen LogP) is 3.42. The summed E-state index contributed by atoms with van der Waals surface area (Å²) < 4.78 is 10.6. The maximum absolute atomic E-state index is 13.0. The summed E-state index contributed by atoms with van der Waals surface area (Å²) in [6.07, 6.45) is 1.46. The van der Waals surface area contributed by atoms with Gasteiger partial charge in [-0.1, -0.05) is 12.1 Å². The number of benzene rings is 2. The van der Waals surface area contributed by atoms with Crippen LogP contribution in [0.25, 0.3) is 0 Å². The fraction of sp³-hybridized carbons (Fsp3) is 0.364. The third-order valence-electron chi connectivity index (χ3n) is 5.62. The molecule has 0 saturated carbocycles. The first-order chi connectivity index (χ1) is 14.1. The Morgan fingerprint density at radius 1 is 1.00 bits per heavy atom. The van der Waals surface area contributed by atoms with Crippen LogP contribution in [0, 0.1) is 0 Å². The second-order valence-corrected chi connectivity index (χ2v) is 8.49. The van der Waals surface area contributed by atoms with E-state index < -0.39 is 0 Å². The lowest BCUT2D eigenvalue weighted by Crippen LogP contribution is -2.53. The predicted molar refractivity (Wildman–Crippen MR) is 114 cm³/mol. The van der Waals surface area contributed by atoms with Crippen molar-refractivity contribution in [3.8, 4) is 11.5 Å². The molecule has 0 aromatic heterocycles. The molecule has 2 fully saturated rings. The number of anilines is 1. The minimum Gasteiger partial charge on any atom is -0.497 e. The summed E-state index contributed by atoms with van der Waals surface area (Å²) in [5, 5.41) is 0. The van der Waals surface area contributed by atoms with Crippen molar-refractivity contribution in [1.82, 2.24) is 4.90 Å². The second-order valence-electron chi connectivity index (χ2n) is 7.15. The smallest absolute Gasteiger partial charge is 0.257 e. The van der Waals surface area contributed by atoms with E-state index in [2.05, 4.69) is 0 Å². The number of carbonyl (C=O) groups excluding carboxylic acids is 2. The van der Waals surface area contributed by atoms with Crippen LogP contribution in [0.1, 0.15) is 23.2 Å². The quantitative estimate of drug-likeness (QED) is 0.770. The van der Waals surface area contributed by atoms with Crippen LogP contribution >= 0.6 is 11.8 Å². The van der Waals surface area contributed by atoms with Crippen LogP contribution in [0.4, 0.5) is 5.69 Å². The van der Waals surface area contributed by atoms with E-state index in [1.54, 1.807) is 38.1 Å². The number of hydrogen-bond acceptors (Lipinski definition) is 5. The van der Waals surface area contributed by atoms with E-state index in [0.29, 0.717) is 30.2 Å². The summed E-state index contributed by atoms with van der Waals surface area (Å²) in [5.41, 5.74) is 1.46. The van der Waals surface area contributed by atoms with Crippen LogP contribution in [0.15, 0.2) is 48.5 Å². The Kier molecular flexibility index (Phi) is 5.41. The first-order valence-corrected chi connectivity index (χ1v) is 10.6. The number of likely N-dealkylation sites (tertiary alicyclic amines) is 1. The van der Waals surface area contributed by atoms with Gasteiger partial charge in [-0.25, -0.2) is 0 Å². The van der Waals surface area contributed by atoms with Crippen molar-refractivity contribution in [2.45, 2.75) is 17.7 Å². The summed E-state index contributed by atoms with van der Waals surface area (Å²) in [6, 6.07) is 14.9. The highest BCUT2D eigenvalue weighted by Gasteiger charge is 2.49. The van der Waals surface area contributed by atoms with Crippen molar-refractivity contribution in [3.05, 3.63) is 54.1 Å². The number of methoxy groups -OCH3 is 2. The number of rotatable bonds is 4. The zero-order valence-corrected chi connectivity index (χ0v) is 17.4. The Morgan fingerprint density at radius 3 is 2.34 bits per heavy atom. The van der Waals surface area contributed by atoms with Crippen LogP contribution in [0.3, 0.4) is 0 Å². The highest BCUT2D eigenvalue weighted by molar-refractivity contribution is 8.02. The molecule has 6 nitrogen and oxygen atoms in total. The summed E-state index contributed by atoms with van der Waals surface area (Å²) in [5.74, 6) is 1.90. The molecule has 2 aliphatic heterocycles. The van der Waals surface area contributed by atoms with Gasteiger partial charge in [0.15, 0.2) is 0 Å². The zero-order chi connectivity index (χ0) is 20.4. The maximum Gasteiger partial charge on any atom is 0.257 e. The fourth-order valence-corrected chi connectivity index (χ4v) is 5.41. The van der Waals surface area contributed by atoms with Crippen molar-refractivity contribution in [2.24, 2.45) is 0 Å². The number of hydrogen-bond donors (Lipinski definition) is 0. The molecule has 1 spiro atoms. The highest BCUT2D eigenvalue weighted by atomic mass is 32.2. The molecule has 0 bridgehead atoms. The van der Waals surface area contributed by atoms with E-state index in [1.165, 1.54) is 0 Å². The summed E-state index contributed by atoms with van der Waals surface area (Å²) in [4.78, 5) is 29.2. The summed E-state index contributed by atoms with van der Waals surface area (Å²) >= 11 is 1.69. The van der Waals surface area contributed by atoms with Gasteiger partial charge in [-0.05, 0) is 49.2 Å². The van der Waals surface area contributed by atoms with Crippen molar-refractivity contribution in [2.75, 3.05) is 38.0 Å². The van der Waals surface area contributed by atoms with E-state index in [4.69, 9.17) is 9.47 Å². The van der Waals surface area contributed by atoms with Crippen molar-refractivity contribution >= 4 is 29.3 Å². The van der Waals surface area contributed by atoms with Crippen LogP contribution in [-0.2, 0) is 4.79 Å². The third kappa shape index (κ3) is 3.55. The SMILES string of the molecule is COc1ccc(N2C(=O)CSC23CCN(C(=O)c2ccccc2OC)CC3)cc1. The molecule has 0 unspecified atom stereocenters. The molecule has 0 atom stereocenters. The lowest BCUT2D eigenvalue weighted by atomic mass is 10.00. The van der Waals surface area contributed by atoms with Gasteiger partial charge >= 0.3 is 0 Å². The summed E-state index contributed by atoms with van der Waals surface area (Å²) in [6.45, 7) is 1.20. The van der Waals surface area contributed by atoms with Gasteiger partial charge in [-0.3, -0.25) is 14.5 Å². The van der Waals surface area contributed by atoms with Gasteiger partial charge in [0.25, 0.3) is 5.91 Å². The van der Waals surface area contributed by atoms with Gasteiger partial charge in [0.1, 0.15) is 11.5 Å². The number of nitrogens with zero attached hydrogens (tertiary/aromatic N) is 2. The monoisotopic (exact) mass is 412 g/mol. The van der Waals surface area contributed by atoms with Gasteiger partial charge in [0.2, 0.25) is 5.91 Å². The number of carbonyl (C=O) groups is 2. The van der Waals surface area contributed by atoms with Crippen LogP contribution in [0.2, 0.25) is 0 Å². The molecule has 7 heteroatoms. The van der Waals surface area contributed by atoms with E-state index in [0.717, 1.165) is 24.3 Å². The molecule has 2 saturated heterocycles. The number of para-hydroxylation sites is 1. The van der Waals surface area contributed by atoms with Crippen molar-refractivity contribution in [3.63, 3.8) is 0 Å². The first-order valence-electron chi connectivity index (χ1n) is 9.61. The Hall–Kier alpha value is -2.67. The maximum atomic E-state index is 13.0. The van der Waals surface area contributed by atoms with Gasteiger partial charge in [0.05, 0.1) is 30.4 Å². The van der Waals surface area contributed by atoms with Gasteiger partial charge in [-0.2, -0.15) is 0 Å². The average molecular weight is 413 g/mol. The summed E-state index contributed by atoms with van der Waals surface area (Å²) in [7, 11) is 3.20. The molecule has 0 aliphatic carbocycles. The average Bonchev–Trinajstić information content (AvgIpc) is 3.09. The molecule has 29 heavy (non-hydrogen) atoms. The molecule has 2 aromatic carbocycles. The topological polar surface area (TPSA) is 59.1 Å². The Labute approximate surface area is 174 Å². The van der Waals surface area contributed by atoms with Gasteiger partial charge in [0, 0.05) is 18.8 Å².